The Morgan fingerprint density at radius 2 is 0.963 bits per heavy atom. The molecule has 5 nitrogen and oxygen atoms in total. The van der Waals surface area contributed by atoms with E-state index in [9.17, 15) is 0 Å². The van der Waals surface area contributed by atoms with E-state index in [1.165, 1.54) is 0 Å². The van der Waals surface area contributed by atoms with Gasteiger partial charge in [-0.15, -0.1) is 0 Å². The molecule has 8 aromatic rings. The topological polar surface area (TPSA) is 57.1 Å². The average molecular weight is 696 g/mol. The number of hydrogen-bond donors (Lipinski definition) is 0. The minimum atomic E-state index is 0.537. The normalized spacial score (nSPS) is 11.9. The Kier molecular flexibility index (Phi) is 8.42. The Hall–Kier alpha value is -7.37. The van der Waals surface area contributed by atoms with Crippen molar-refractivity contribution < 1.29 is 9.47 Å². The molecular formula is C49H33N3O2. The van der Waals surface area contributed by atoms with Gasteiger partial charge in [-0.25, -0.2) is 15.0 Å². The molecule has 0 N–H and O–H groups in total. The van der Waals surface area contributed by atoms with Crippen molar-refractivity contribution in [2.24, 2.45) is 0 Å². The van der Waals surface area contributed by atoms with E-state index in [-0.39, 0.29) is 0 Å². The molecule has 54 heavy (non-hydrogen) atoms. The van der Waals surface area contributed by atoms with Crippen molar-refractivity contribution >= 4 is 16.3 Å². The van der Waals surface area contributed by atoms with Gasteiger partial charge in [-0.3, -0.25) is 0 Å². The second-order valence-electron chi connectivity index (χ2n) is 13.0. The second-order valence-corrected chi connectivity index (χ2v) is 13.0. The summed E-state index contributed by atoms with van der Waals surface area (Å²) in [5.74, 6) is 4.53. The number of allylic oxidation sites excluding steroid dienone is 4. The van der Waals surface area contributed by atoms with Crippen LogP contribution in [0.3, 0.4) is 0 Å². The fourth-order valence-electron chi connectivity index (χ4n) is 6.81. The van der Waals surface area contributed by atoms with E-state index >= 15 is 0 Å². The first-order valence-electron chi connectivity index (χ1n) is 17.7. The van der Waals surface area contributed by atoms with Crippen LogP contribution in [0.4, 0.5) is 0 Å². The molecule has 256 valence electrons. The first kappa shape index (κ1) is 32.5. The van der Waals surface area contributed by atoms with Crippen LogP contribution in [0.15, 0.2) is 189 Å². The molecule has 0 aliphatic carbocycles. The summed E-state index contributed by atoms with van der Waals surface area (Å²) in [4.78, 5) is 14.6. The van der Waals surface area contributed by atoms with Gasteiger partial charge in [0.05, 0.1) is 0 Å². The highest BCUT2D eigenvalue weighted by Gasteiger charge is 2.23. The van der Waals surface area contributed by atoms with Crippen molar-refractivity contribution in [2.45, 2.75) is 0 Å². The molecule has 0 saturated carbocycles. The highest BCUT2D eigenvalue weighted by molar-refractivity contribution is 5.88. The highest BCUT2D eigenvalue weighted by atomic mass is 16.6. The lowest BCUT2D eigenvalue weighted by Crippen LogP contribution is -2.02. The molecule has 0 bridgehead atoms. The smallest absolute Gasteiger partial charge is 0.177 e. The van der Waals surface area contributed by atoms with E-state index in [2.05, 4.69) is 92.0 Å². The number of fused-ring (bicyclic) bond motifs is 3. The van der Waals surface area contributed by atoms with Gasteiger partial charge in [0, 0.05) is 22.3 Å². The molecule has 1 aliphatic heterocycles. The average Bonchev–Trinajstić information content (AvgIpc) is 3.24. The molecule has 0 saturated heterocycles. The van der Waals surface area contributed by atoms with Crippen LogP contribution in [0, 0.1) is 0 Å². The van der Waals surface area contributed by atoms with Crippen molar-refractivity contribution in [2.75, 3.05) is 0 Å². The maximum Gasteiger partial charge on any atom is 0.177 e. The van der Waals surface area contributed by atoms with Gasteiger partial charge in [0.15, 0.2) is 40.5 Å². The summed E-state index contributed by atoms with van der Waals surface area (Å²) >= 11 is 0. The molecule has 2 heterocycles. The zero-order chi connectivity index (χ0) is 36.4. The van der Waals surface area contributed by atoms with Crippen LogP contribution in [-0.4, -0.2) is 15.0 Å². The lowest BCUT2D eigenvalue weighted by atomic mass is 9.95. The van der Waals surface area contributed by atoms with Gasteiger partial charge >= 0.3 is 0 Å². The maximum absolute atomic E-state index is 6.56. The van der Waals surface area contributed by atoms with E-state index in [1.807, 2.05) is 84.9 Å². The Labute approximate surface area is 313 Å². The Morgan fingerprint density at radius 1 is 0.444 bits per heavy atom. The van der Waals surface area contributed by atoms with Crippen molar-refractivity contribution in [1.29, 1.82) is 0 Å². The van der Waals surface area contributed by atoms with Gasteiger partial charge in [0.2, 0.25) is 0 Å². The lowest BCUT2D eigenvalue weighted by molar-refractivity contribution is 0.361. The quantitative estimate of drug-likeness (QED) is 0.148. The standard InChI is InChI=1S/C49H33N3O2/c1-3-14-32(4-2)47-50-48(33-15-6-5-7-16-33)52-49(51-47)41-24-12-22-37(29-41)35-20-10-19-34(27-35)36-21-11-23-40(28-36)42-25-13-26-43-46(42)54-45-31-39-18-9-8-17-38(39)30-44(45)53-43/h3-31H,1-2H2/b32-14+. The third kappa shape index (κ3) is 6.25. The van der Waals surface area contributed by atoms with Crippen LogP contribution in [0.1, 0.15) is 5.82 Å². The summed E-state index contributed by atoms with van der Waals surface area (Å²) in [5, 5.41) is 2.21. The summed E-state index contributed by atoms with van der Waals surface area (Å²) in [6.45, 7) is 7.83. The summed E-state index contributed by atoms with van der Waals surface area (Å²) < 4.78 is 12.9. The zero-order valence-corrected chi connectivity index (χ0v) is 29.3. The lowest BCUT2D eigenvalue weighted by Gasteiger charge is -2.23. The van der Waals surface area contributed by atoms with Gasteiger partial charge in [0.1, 0.15) is 0 Å². The van der Waals surface area contributed by atoms with Crippen molar-refractivity contribution in [3.05, 3.63) is 195 Å². The molecule has 0 spiro atoms. The molecule has 0 unspecified atom stereocenters. The molecule has 7 aromatic carbocycles. The predicted octanol–water partition coefficient (Wildman–Crippen LogP) is 13.0. The third-order valence-corrected chi connectivity index (χ3v) is 9.49. The van der Waals surface area contributed by atoms with Gasteiger partial charge < -0.3 is 9.47 Å². The SMILES string of the molecule is C=C/C=C(\C=C)c1nc(-c2ccccc2)nc(-c2cccc(-c3cccc(-c4cccc(-c5cccc6c5Oc5cc7ccccc7cc5O6)c4)c3)c2)n1. The maximum atomic E-state index is 6.56. The van der Waals surface area contributed by atoms with Crippen LogP contribution >= 0.6 is 0 Å². The highest BCUT2D eigenvalue weighted by Crippen LogP contribution is 2.51. The summed E-state index contributed by atoms with van der Waals surface area (Å²) in [6.07, 6.45) is 5.30. The van der Waals surface area contributed by atoms with Crippen LogP contribution in [0.5, 0.6) is 23.0 Å². The molecule has 0 atom stereocenters. The second kappa shape index (κ2) is 14.0. The van der Waals surface area contributed by atoms with Crippen LogP contribution in [0.25, 0.3) is 72.5 Å². The largest absolute Gasteiger partial charge is 0.449 e. The molecule has 5 heteroatoms. The summed E-state index contributed by atoms with van der Waals surface area (Å²) in [7, 11) is 0. The van der Waals surface area contributed by atoms with Crippen LogP contribution in [-0.2, 0) is 0 Å². The Morgan fingerprint density at radius 3 is 1.61 bits per heavy atom. The Bertz CT molecular complexity index is 2770. The van der Waals surface area contributed by atoms with Gasteiger partial charge in [-0.05, 0) is 75.0 Å². The predicted molar refractivity (Wildman–Crippen MR) is 219 cm³/mol. The monoisotopic (exact) mass is 695 g/mol. The van der Waals surface area contributed by atoms with Crippen molar-refractivity contribution in [1.82, 2.24) is 15.0 Å². The van der Waals surface area contributed by atoms with Crippen molar-refractivity contribution in [3.8, 4) is 79.2 Å². The minimum absolute atomic E-state index is 0.537. The first-order chi connectivity index (χ1) is 26.6. The number of nitrogens with zero attached hydrogens (tertiary/aromatic N) is 3. The first-order valence-corrected chi connectivity index (χ1v) is 17.7. The molecule has 0 radical (unpaired) electrons. The zero-order valence-electron chi connectivity index (χ0n) is 29.3. The fraction of sp³-hybridized carbons (Fsp3) is 0. The molecule has 0 amide bonds. The van der Waals surface area contributed by atoms with E-state index in [0.29, 0.717) is 40.5 Å². The van der Waals surface area contributed by atoms with E-state index in [0.717, 1.165) is 60.9 Å². The number of aromatic nitrogens is 3. The number of hydrogen-bond acceptors (Lipinski definition) is 5. The molecule has 1 aliphatic rings. The molecule has 9 rings (SSSR count). The molecular weight excluding hydrogens is 663 g/mol. The van der Waals surface area contributed by atoms with Gasteiger partial charge in [0.25, 0.3) is 0 Å². The van der Waals surface area contributed by atoms with Crippen LogP contribution < -0.4 is 9.47 Å². The summed E-state index contributed by atoms with van der Waals surface area (Å²) in [6, 6.07) is 53.7. The molecule has 0 fully saturated rings. The van der Waals surface area contributed by atoms with E-state index in [1.54, 1.807) is 12.2 Å². The van der Waals surface area contributed by atoms with Crippen LogP contribution in [0.2, 0.25) is 0 Å². The third-order valence-electron chi connectivity index (χ3n) is 9.49. The van der Waals surface area contributed by atoms with E-state index in [4.69, 9.17) is 24.4 Å². The summed E-state index contributed by atoms with van der Waals surface area (Å²) in [5.41, 5.74) is 8.87. The number of rotatable bonds is 8. The number of benzene rings is 7. The van der Waals surface area contributed by atoms with E-state index < -0.39 is 0 Å². The van der Waals surface area contributed by atoms with Gasteiger partial charge in [-0.2, -0.15) is 0 Å². The Balaban J connectivity index is 1.05. The van der Waals surface area contributed by atoms with Gasteiger partial charge in [-0.1, -0.05) is 153 Å². The van der Waals surface area contributed by atoms with Crippen molar-refractivity contribution in [3.63, 3.8) is 0 Å². The minimum Gasteiger partial charge on any atom is -0.449 e. The number of para-hydroxylation sites is 1. The number of ether oxygens (including phenoxy) is 2. The molecule has 1 aromatic heterocycles. The fourth-order valence-corrected chi connectivity index (χ4v) is 6.81.